The Kier molecular flexibility index (Phi) is 5.94. The van der Waals surface area contributed by atoms with Crippen molar-refractivity contribution >= 4 is 7.12 Å². The molecule has 2 aromatic rings. The lowest BCUT2D eigenvalue weighted by atomic mass is 9.73. The second kappa shape index (κ2) is 8.36. The summed E-state index contributed by atoms with van der Waals surface area (Å²) in [5.41, 5.74) is 2.87. The number of aromatic nitrogens is 1. The van der Waals surface area contributed by atoms with Crippen LogP contribution in [0.2, 0.25) is 6.32 Å². The molecule has 2 heterocycles. The lowest BCUT2D eigenvalue weighted by Gasteiger charge is -2.23. The van der Waals surface area contributed by atoms with Crippen LogP contribution >= 0.6 is 0 Å². The van der Waals surface area contributed by atoms with E-state index in [1.165, 1.54) is 0 Å². The maximum absolute atomic E-state index is 9.72. The lowest BCUT2D eigenvalue weighted by Crippen LogP contribution is -2.28. The van der Waals surface area contributed by atoms with Crippen molar-refractivity contribution in [3.63, 3.8) is 0 Å². The van der Waals surface area contributed by atoms with Crippen LogP contribution in [0.25, 0.3) is 11.3 Å². The van der Waals surface area contributed by atoms with E-state index in [9.17, 15) is 5.02 Å². The van der Waals surface area contributed by atoms with Crippen LogP contribution in [0.4, 0.5) is 0 Å². The zero-order chi connectivity index (χ0) is 17.6. The van der Waals surface area contributed by atoms with E-state index in [1.54, 1.807) is 7.11 Å². The molecule has 0 spiro atoms. The first-order valence-corrected chi connectivity index (χ1v) is 8.79. The molecular weight excluding hydrogens is 317 g/mol. The molecule has 5 nitrogen and oxygen atoms in total. The van der Waals surface area contributed by atoms with Crippen LogP contribution in [0.5, 0.6) is 11.5 Å². The first kappa shape index (κ1) is 17.8. The molecule has 1 atom stereocenters. The van der Waals surface area contributed by atoms with Crippen molar-refractivity contribution in [1.82, 2.24) is 4.98 Å². The molecule has 0 amide bonds. The average molecular weight is 341 g/mol. The fourth-order valence-electron chi connectivity index (χ4n) is 3.04. The summed E-state index contributed by atoms with van der Waals surface area (Å²) < 4.78 is 16.4. The largest absolute Gasteiger partial charge is 0.493 e. The normalized spacial score (nSPS) is 17.4. The predicted octanol–water partition coefficient (Wildman–Crippen LogP) is 3.53. The van der Waals surface area contributed by atoms with Crippen LogP contribution in [-0.2, 0) is 4.65 Å². The number of ether oxygens (including phenoxy) is 2. The van der Waals surface area contributed by atoms with Crippen molar-refractivity contribution in [3.8, 4) is 22.8 Å². The van der Waals surface area contributed by atoms with Gasteiger partial charge in [0, 0.05) is 23.8 Å². The highest BCUT2D eigenvalue weighted by atomic mass is 16.5. The van der Waals surface area contributed by atoms with Crippen LogP contribution in [-0.4, -0.2) is 37.4 Å². The van der Waals surface area contributed by atoms with Gasteiger partial charge in [-0.05, 0) is 49.5 Å². The van der Waals surface area contributed by atoms with Gasteiger partial charge in [0.25, 0.3) is 0 Å². The molecule has 3 rings (SSSR count). The van der Waals surface area contributed by atoms with Crippen molar-refractivity contribution < 1.29 is 19.2 Å². The zero-order valence-corrected chi connectivity index (χ0v) is 14.8. The number of hydrogen-bond acceptors (Lipinski definition) is 5. The van der Waals surface area contributed by atoms with Gasteiger partial charge in [-0.2, -0.15) is 0 Å². The van der Waals surface area contributed by atoms with Gasteiger partial charge in [-0.15, -0.1) is 0 Å². The van der Waals surface area contributed by atoms with Gasteiger partial charge in [-0.25, -0.2) is 0 Å². The van der Waals surface area contributed by atoms with E-state index >= 15 is 0 Å². The first-order chi connectivity index (χ1) is 12.2. The summed E-state index contributed by atoms with van der Waals surface area (Å²) in [6.07, 6.45) is 2.40. The molecule has 1 aromatic heterocycles. The number of rotatable bonds is 6. The van der Waals surface area contributed by atoms with E-state index in [-0.39, 0.29) is 5.92 Å². The number of methoxy groups -OCH3 is 1. The summed E-state index contributed by atoms with van der Waals surface area (Å²) >= 11 is 0. The SMILES string of the molecule is CCCOc1cc(-c2cccc([C@@H]3CCOB(O)C3)n2)ccc1OC. The minimum absolute atomic E-state index is 0.220. The molecular formula is C19H24BNO4. The molecule has 1 aliphatic heterocycles. The van der Waals surface area contributed by atoms with Gasteiger partial charge in [0.05, 0.1) is 19.4 Å². The highest BCUT2D eigenvalue weighted by molar-refractivity contribution is 6.43. The fourth-order valence-corrected chi connectivity index (χ4v) is 3.04. The van der Waals surface area contributed by atoms with Gasteiger partial charge in [-0.3, -0.25) is 4.98 Å². The van der Waals surface area contributed by atoms with Gasteiger partial charge in [0.2, 0.25) is 0 Å². The van der Waals surface area contributed by atoms with E-state index in [0.717, 1.165) is 41.3 Å². The Hall–Kier alpha value is -2.05. The van der Waals surface area contributed by atoms with Crippen molar-refractivity contribution in [2.45, 2.75) is 32.0 Å². The third kappa shape index (κ3) is 4.33. The second-order valence-electron chi connectivity index (χ2n) is 6.21. The van der Waals surface area contributed by atoms with E-state index in [2.05, 4.69) is 6.92 Å². The first-order valence-electron chi connectivity index (χ1n) is 8.79. The lowest BCUT2D eigenvalue weighted by molar-refractivity contribution is 0.218. The van der Waals surface area contributed by atoms with Crippen molar-refractivity contribution in [2.75, 3.05) is 20.3 Å². The Morgan fingerprint density at radius 3 is 2.92 bits per heavy atom. The molecule has 1 saturated heterocycles. The van der Waals surface area contributed by atoms with E-state index in [1.807, 2.05) is 36.4 Å². The highest BCUT2D eigenvalue weighted by Crippen LogP contribution is 2.33. The van der Waals surface area contributed by atoms with E-state index in [0.29, 0.717) is 19.5 Å². The highest BCUT2D eigenvalue weighted by Gasteiger charge is 2.27. The van der Waals surface area contributed by atoms with Crippen LogP contribution in [0.1, 0.15) is 31.4 Å². The summed E-state index contributed by atoms with van der Waals surface area (Å²) in [4.78, 5) is 4.81. The Morgan fingerprint density at radius 2 is 2.16 bits per heavy atom. The fraction of sp³-hybridized carbons (Fsp3) is 0.421. The Bertz CT molecular complexity index is 710. The van der Waals surface area contributed by atoms with Gasteiger partial charge in [0.1, 0.15) is 0 Å². The summed E-state index contributed by atoms with van der Waals surface area (Å²) in [6.45, 7) is 3.28. The average Bonchev–Trinajstić information content (AvgIpc) is 2.66. The molecule has 0 aliphatic carbocycles. The van der Waals surface area contributed by atoms with Crippen molar-refractivity contribution in [3.05, 3.63) is 42.1 Å². The molecule has 25 heavy (non-hydrogen) atoms. The van der Waals surface area contributed by atoms with Crippen molar-refractivity contribution in [2.24, 2.45) is 0 Å². The molecule has 0 saturated carbocycles. The number of pyridine rings is 1. The molecule has 132 valence electrons. The molecule has 0 unspecified atom stereocenters. The Morgan fingerprint density at radius 1 is 1.28 bits per heavy atom. The number of benzene rings is 1. The molecule has 0 bridgehead atoms. The molecule has 1 fully saturated rings. The summed E-state index contributed by atoms with van der Waals surface area (Å²) in [6, 6.07) is 11.9. The third-order valence-electron chi connectivity index (χ3n) is 4.37. The quantitative estimate of drug-likeness (QED) is 0.815. The van der Waals surface area contributed by atoms with Crippen LogP contribution in [0.3, 0.4) is 0 Å². The molecule has 1 N–H and O–H groups in total. The van der Waals surface area contributed by atoms with Crippen LogP contribution in [0, 0.1) is 0 Å². The Balaban J connectivity index is 1.87. The third-order valence-corrected chi connectivity index (χ3v) is 4.37. The van der Waals surface area contributed by atoms with Gasteiger partial charge in [0.15, 0.2) is 11.5 Å². The smallest absolute Gasteiger partial charge is 0.454 e. The monoisotopic (exact) mass is 341 g/mol. The van der Waals surface area contributed by atoms with Gasteiger partial charge < -0.3 is 19.2 Å². The summed E-state index contributed by atoms with van der Waals surface area (Å²) in [5.74, 6) is 1.68. The van der Waals surface area contributed by atoms with Gasteiger partial charge in [-0.1, -0.05) is 13.0 Å². The van der Waals surface area contributed by atoms with Crippen LogP contribution < -0.4 is 9.47 Å². The Labute approximate surface area is 149 Å². The molecule has 1 aliphatic rings. The number of nitrogens with zero attached hydrogens (tertiary/aromatic N) is 1. The molecule has 6 heteroatoms. The maximum Gasteiger partial charge on any atom is 0.454 e. The summed E-state index contributed by atoms with van der Waals surface area (Å²) in [7, 11) is 0.947. The molecule has 0 radical (unpaired) electrons. The van der Waals surface area contributed by atoms with E-state index in [4.69, 9.17) is 19.1 Å². The maximum atomic E-state index is 9.72. The van der Waals surface area contributed by atoms with Gasteiger partial charge >= 0.3 is 7.12 Å². The number of hydrogen-bond donors (Lipinski definition) is 1. The predicted molar refractivity (Wildman–Crippen MR) is 98.1 cm³/mol. The van der Waals surface area contributed by atoms with Crippen molar-refractivity contribution in [1.29, 1.82) is 0 Å². The minimum Gasteiger partial charge on any atom is -0.493 e. The second-order valence-corrected chi connectivity index (χ2v) is 6.21. The standard InChI is InChI=1S/C19H24BNO4/c1-3-10-24-19-12-14(7-8-18(19)23-2)16-5-4-6-17(21-16)15-9-11-25-20(22)13-15/h4-8,12,15,22H,3,9-11,13H2,1-2H3/t15-/m1/s1. The van der Waals surface area contributed by atoms with E-state index < -0.39 is 7.12 Å². The zero-order valence-electron chi connectivity index (χ0n) is 14.8. The topological polar surface area (TPSA) is 60.8 Å². The van der Waals surface area contributed by atoms with Crippen LogP contribution in [0.15, 0.2) is 36.4 Å². The summed E-state index contributed by atoms with van der Waals surface area (Å²) in [5, 5.41) is 9.72. The molecule has 1 aromatic carbocycles. The minimum atomic E-state index is -0.695.